The molecule has 0 radical (unpaired) electrons. The van der Waals surface area contributed by atoms with Crippen molar-refractivity contribution in [3.8, 4) is 0 Å². The monoisotopic (exact) mass is 317 g/mol. The zero-order valence-electron chi connectivity index (χ0n) is 11.9. The zero-order chi connectivity index (χ0) is 16.3. The SMILES string of the molecule is CCCNC(=O)c1nc(Cn2nc(C(F)(F)F)cc2C)no1. The summed E-state index contributed by atoms with van der Waals surface area (Å²) in [5, 5.41) is 9.57. The number of halogens is 3. The summed E-state index contributed by atoms with van der Waals surface area (Å²) in [6.07, 6.45) is -3.77. The number of aromatic nitrogens is 4. The Kier molecular flexibility index (Phi) is 4.48. The van der Waals surface area contributed by atoms with Crippen LogP contribution in [0.4, 0.5) is 13.2 Å². The molecular weight excluding hydrogens is 303 g/mol. The maximum absolute atomic E-state index is 12.6. The predicted molar refractivity (Wildman–Crippen MR) is 68.0 cm³/mol. The van der Waals surface area contributed by atoms with E-state index >= 15 is 0 Å². The molecule has 0 saturated carbocycles. The molecular formula is C12H14F3N5O2. The van der Waals surface area contributed by atoms with E-state index < -0.39 is 17.8 Å². The van der Waals surface area contributed by atoms with E-state index in [4.69, 9.17) is 4.52 Å². The van der Waals surface area contributed by atoms with E-state index in [9.17, 15) is 18.0 Å². The third kappa shape index (κ3) is 3.62. The summed E-state index contributed by atoms with van der Waals surface area (Å²) < 4.78 is 43.6. The van der Waals surface area contributed by atoms with Crippen LogP contribution >= 0.6 is 0 Å². The second-order valence-electron chi connectivity index (χ2n) is 4.60. The average molecular weight is 317 g/mol. The fraction of sp³-hybridized carbons (Fsp3) is 0.500. The summed E-state index contributed by atoms with van der Waals surface area (Å²) >= 11 is 0. The van der Waals surface area contributed by atoms with Crippen molar-refractivity contribution in [2.24, 2.45) is 0 Å². The first kappa shape index (κ1) is 16.0. The standard InChI is InChI=1S/C12H14F3N5O2/c1-3-4-16-10(21)11-17-9(19-22-11)6-20-7(2)5-8(18-20)12(13,14)15/h5H,3-4,6H2,1-2H3,(H,16,21). The summed E-state index contributed by atoms with van der Waals surface area (Å²) in [7, 11) is 0. The van der Waals surface area contributed by atoms with Gasteiger partial charge in [-0.1, -0.05) is 12.1 Å². The van der Waals surface area contributed by atoms with E-state index in [0.29, 0.717) is 12.2 Å². The number of nitrogens with zero attached hydrogens (tertiary/aromatic N) is 4. The molecule has 1 N–H and O–H groups in total. The van der Waals surface area contributed by atoms with Crippen molar-refractivity contribution in [1.82, 2.24) is 25.2 Å². The van der Waals surface area contributed by atoms with Crippen LogP contribution in [0.15, 0.2) is 10.6 Å². The molecule has 0 fully saturated rings. The van der Waals surface area contributed by atoms with E-state index in [1.54, 1.807) is 0 Å². The molecule has 0 atom stereocenters. The first-order valence-electron chi connectivity index (χ1n) is 6.53. The van der Waals surface area contributed by atoms with Gasteiger partial charge in [-0.05, 0) is 19.4 Å². The number of hydrogen-bond donors (Lipinski definition) is 1. The van der Waals surface area contributed by atoms with Crippen molar-refractivity contribution in [1.29, 1.82) is 0 Å². The van der Waals surface area contributed by atoms with Gasteiger partial charge in [0.2, 0.25) is 0 Å². The number of carbonyl (C=O) groups is 1. The number of hydrogen-bond acceptors (Lipinski definition) is 5. The van der Waals surface area contributed by atoms with Gasteiger partial charge >= 0.3 is 18.0 Å². The van der Waals surface area contributed by atoms with Crippen LogP contribution in [0, 0.1) is 6.92 Å². The minimum absolute atomic E-state index is 0.0709. The average Bonchev–Trinajstić information content (AvgIpc) is 3.04. The van der Waals surface area contributed by atoms with E-state index in [1.165, 1.54) is 6.92 Å². The van der Waals surface area contributed by atoms with Gasteiger partial charge in [-0.2, -0.15) is 23.3 Å². The number of amides is 1. The molecule has 2 heterocycles. The molecule has 7 nitrogen and oxygen atoms in total. The van der Waals surface area contributed by atoms with Crippen molar-refractivity contribution in [3.63, 3.8) is 0 Å². The van der Waals surface area contributed by atoms with Gasteiger partial charge in [-0.15, -0.1) is 0 Å². The Morgan fingerprint density at radius 1 is 1.45 bits per heavy atom. The molecule has 0 saturated heterocycles. The van der Waals surface area contributed by atoms with Crippen LogP contribution < -0.4 is 5.32 Å². The van der Waals surface area contributed by atoms with E-state index in [1.807, 2.05) is 6.92 Å². The molecule has 0 unspecified atom stereocenters. The second kappa shape index (κ2) is 6.16. The van der Waals surface area contributed by atoms with E-state index in [2.05, 4.69) is 20.6 Å². The van der Waals surface area contributed by atoms with Crippen LogP contribution in [0.25, 0.3) is 0 Å². The maximum atomic E-state index is 12.6. The van der Waals surface area contributed by atoms with Gasteiger partial charge in [0.15, 0.2) is 11.5 Å². The highest BCUT2D eigenvalue weighted by molar-refractivity contribution is 5.89. The van der Waals surface area contributed by atoms with E-state index in [0.717, 1.165) is 17.2 Å². The Labute approximate surface area is 123 Å². The van der Waals surface area contributed by atoms with Crippen molar-refractivity contribution < 1.29 is 22.5 Å². The van der Waals surface area contributed by atoms with Crippen LogP contribution in [-0.4, -0.2) is 32.4 Å². The minimum Gasteiger partial charge on any atom is -0.348 e. The summed E-state index contributed by atoms with van der Waals surface area (Å²) in [6.45, 7) is 3.71. The Morgan fingerprint density at radius 3 is 2.77 bits per heavy atom. The van der Waals surface area contributed by atoms with Gasteiger partial charge < -0.3 is 9.84 Å². The molecule has 2 aromatic rings. The highest BCUT2D eigenvalue weighted by atomic mass is 19.4. The van der Waals surface area contributed by atoms with Crippen molar-refractivity contribution >= 4 is 5.91 Å². The Bertz CT molecular complexity index is 662. The number of nitrogens with one attached hydrogen (secondary N) is 1. The Balaban J connectivity index is 2.10. The molecule has 2 aromatic heterocycles. The molecule has 0 spiro atoms. The Morgan fingerprint density at radius 2 is 2.18 bits per heavy atom. The van der Waals surface area contributed by atoms with Crippen LogP contribution in [0.3, 0.4) is 0 Å². The molecule has 0 aliphatic heterocycles. The molecule has 120 valence electrons. The molecule has 0 bridgehead atoms. The third-order valence-electron chi connectivity index (χ3n) is 2.76. The van der Waals surface area contributed by atoms with Crippen LogP contribution in [0.5, 0.6) is 0 Å². The third-order valence-corrected chi connectivity index (χ3v) is 2.76. The quantitative estimate of drug-likeness (QED) is 0.908. The molecule has 0 aromatic carbocycles. The van der Waals surface area contributed by atoms with Crippen molar-refractivity contribution in [2.45, 2.75) is 33.0 Å². The number of alkyl halides is 3. The largest absolute Gasteiger partial charge is 0.435 e. The molecule has 10 heteroatoms. The minimum atomic E-state index is -4.52. The first-order valence-corrected chi connectivity index (χ1v) is 6.53. The van der Waals surface area contributed by atoms with Crippen molar-refractivity contribution in [2.75, 3.05) is 6.54 Å². The van der Waals surface area contributed by atoms with E-state index in [-0.39, 0.29) is 18.3 Å². The summed E-state index contributed by atoms with van der Waals surface area (Å²) in [6, 6.07) is 0.926. The van der Waals surface area contributed by atoms with Crippen molar-refractivity contribution in [3.05, 3.63) is 29.2 Å². The van der Waals surface area contributed by atoms with Crippen LogP contribution in [0.1, 0.15) is 41.2 Å². The first-order chi connectivity index (χ1) is 10.3. The lowest BCUT2D eigenvalue weighted by Gasteiger charge is -2.01. The summed E-state index contributed by atoms with van der Waals surface area (Å²) in [5.41, 5.74) is -0.691. The molecule has 0 aliphatic carbocycles. The fourth-order valence-electron chi connectivity index (χ4n) is 1.67. The van der Waals surface area contributed by atoms with Gasteiger partial charge in [0.05, 0.1) is 0 Å². The maximum Gasteiger partial charge on any atom is 0.435 e. The Hall–Kier alpha value is -2.39. The number of rotatable bonds is 5. The fourth-order valence-corrected chi connectivity index (χ4v) is 1.67. The smallest absolute Gasteiger partial charge is 0.348 e. The van der Waals surface area contributed by atoms with Crippen LogP contribution in [0.2, 0.25) is 0 Å². The zero-order valence-corrected chi connectivity index (χ0v) is 11.9. The highest BCUT2D eigenvalue weighted by Crippen LogP contribution is 2.28. The summed E-state index contributed by atoms with van der Waals surface area (Å²) in [5.74, 6) is -0.681. The van der Waals surface area contributed by atoms with Crippen LogP contribution in [-0.2, 0) is 12.7 Å². The predicted octanol–water partition coefficient (Wildman–Crippen LogP) is 1.78. The van der Waals surface area contributed by atoms with Gasteiger partial charge in [0.25, 0.3) is 0 Å². The molecule has 22 heavy (non-hydrogen) atoms. The lowest BCUT2D eigenvalue weighted by molar-refractivity contribution is -0.141. The van der Waals surface area contributed by atoms with Gasteiger partial charge in [-0.25, -0.2) is 0 Å². The summed E-state index contributed by atoms with van der Waals surface area (Å²) in [4.78, 5) is 15.4. The lowest BCUT2D eigenvalue weighted by Crippen LogP contribution is -2.24. The number of aryl methyl sites for hydroxylation is 1. The molecule has 1 amide bonds. The number of carbonyl (C=O) groups excluding carboxylic acids is 1. The normalized spacial score (nSPS) is 11.7. The van der Waals surface area contributed by atoms with Gasteiger partial charge in [0.1, 0.15) is 6.54 Å². The lowest BCUT2D eigenvalue weighted by atomic mass is 10.3. The molecule has 0 aliphatic rings. The van der Waals surface area contributed by atoms with Gasteiger partial charge in [0, 0.05) is 12.2 Å². The second-order valence-corrected chi connectivity index (χ2v) is 4.60. The topological polar surface area (TPSA) is 85.8 Å². The highest BCUT2D eigenvalue weighted by Gasteiger charge is 2.34. The molecule has 2 rings (SSSR count). The van der Waals surface area contributed by atoms with Gasteiger partial charge in [-0.3, -0.25) is 9.48 Å².